The van der Waals surface area contributed by atoms with E-state index in [0.29, 0.717) is 41.4 Å². The SMILES string of the molecule is COc1ccc(CNc2nc3c(-c4cn(C5NCCO5)nc4-c4ccccc4)ncnc3cc2OC)cc1. The number of hydrogen-bond donors (Lipinski definition) is 2. The van der Waals surface area contributed by atoms with E-state index in [1.54, 1.807) is 25.2 Å². The van der Waals surface area contributed by atoms with Crippen molar-refractivity contribution in [2.45, 2.75) is 12.9 Å². The highest BCUT2D eigenvalue weighted by Gasteiger charge is 2.24. The second-order valence-electron chi connectivity index (χ2n) is 8.75. The minimum absolute atomic E-state index is 0.339. The number of anilines is 1. The summed E-state index contributed by atoms with van der Waals surface area (Å²) in [4.78, 5) is 14.1. The zero-order valence-electron chi connectivity index (χ0n) is 21.1. The van der Waals surface area contributed by atoms with Gasteiger partial charge in [0.15, 0.2) is 11.6 Å². The summed E-state index contributed by atoms with van der Waals surface area (Å²) >= 11 is 0. The fourth-order valence-electron chi connectivity index (χ4n) is 4.45. The third kappa shape index (κ3) is 4.62. The zero-order chi connectivity index (χ0) is 25.9. The summed E-state index contributed by atoms with van der Waals surface area (Å²) in [7, 11) is 3.27. The first kappa shape index (κ1) is 23.8. The van der Waals surface area contributed by atoms with E-state index >= 15 is 0 Å². The highest BCUT2D eigenvalue weighted by Crippen LogP contribution is 2.36. The van der Waals surface area contributed by atoms with Crippen LogP contribution >= 0.6 is 0 Å². The molecule has 2 aromatic carbocycles. The summed E-state index contributed by atoms with van der Waals surface area (Å²) < 4.78 is 18.5. The lowest BCUT2D eigenvalue weighted by atomic mass is 10.0. The number of aromatic nitrogens is 5. The van der Waals surface area contributed by atoms with Gasteiger partial charge in [0, 0.05) is 36.5 Å². The molecule has 0 spiro atoms. The third-order valence-electron chi connectivity index (χ3n) is 6.39. The van der Waals surface area contributed by atoms with Crippen LogP contribution in [0.4, 0.5) is 5.82 Å². The van der Waals surface area contributed by atoms with E-state index in [1.165, 1.54) is 0 Å². The molecule has 0 bridgehead atoms. The van der Waals surface area contributed by atoms with Crippen LogP contribution in [0, 0.1) is 0 Å². The molecule has 1 saturated heterocycles. The van der Waals surface area contributed by atoms with Crippen LogP contribution in [0.15, 0.2) is 73.2 Å². The maximum atomic E-state index is 5.81. The van der Waals surface area contributed by atoms with Crippen molar-refractivity contribution in [1.82, 2.24) is 30.0 Å². The Morgan fingerprint density at radius 1 is 1.03 bits per heavy atom. The molecule has 0 radical (unpaired) electrons. The second-order valence-corrected chi connectivity index (χ2v) is 8.75. The topological polar surface area (TPSA) is 108 Å². The van der Waals surface area contributed by atoms with Crippen LogP contribution in [0.3, 0.4) is 0 Å². The Balaban J connectivity index is 1.43. The van der Waals surface area contributed by atoms with Crippen LogP contribution in [0.25, 0.3) is 33.5 Å². The third-order valence-corrected chi connectivity index (χ3v) is 6.39. The van der Waals surface area contributed by atoms with Crippen LogP contribution in [0.2, 0.25) is 0 Å². The summed E-state index contributed by atoms with van der Waals surface area (Å²) in [6, 6.07) is 19.8. The summed E-state index contributed by atoms with van der Waals surface area (Å²) in [5.41, 5.74) is 5.65. The number of benzene rings is 2. The number of ether oxygens (including phenoxy) is 3. The molecule has 38 heavy (non-hydrogen) atoms. The van der Waals surface area contributed by atoms with Gasteiger partial charge in [0.05, 0.1) is 26.3 Å². The Bertz CT molecular complexity index is 1550. The van der Waals surface area contributed by atoms with Crippen LogP contribution < -0.4 is 20.1 Å². The molecule has 1 fully saturated rings. The molecule has 10 heteroatoms. The summed E-state index contributed by atoms with van der Waals surface area (Å²) in [6.07, 6.45) is 3.15. The van der Waals surface area contributed by atoms with Gasteiger partial charge in [-0.15, -0.1) is 0 Å². The molecule has 1 unspecified atom stereocenters. The van der Waals surface area contributed by atoms with E-state index in [2.05, 4.69) is 20.6 Å². The van der Waals surface area contributed by atoms with E-state index in [-0.39, 0.29) is 6.35 Å². The van der Waals surface area contributed by atoms with Crippen molar-refractivity contribution >= 4 is 16.9 Å². The first-order valence-corrected chi connectivity index (χ1v) is 12.3. The van der Waals surface area contributed by atoms with E-state index < -0.39 is 0 Å². The van der Waals surface area contributed by atoms with Crippen molar-refractivity contribution in [3.63, 3.8) is 0 Å². The van der Waals surface area contributed by atoms with Gasteiger partial charge in [-0.05, 0) is 17.7 Å². The maximum Gasteiger partial charge on any atom is 0.206 e. The number of rotatable bonds is 8. The van der Waals surface area contributed by atoms with Gasteiger partial charge < -0.3 is 19.5 Å². The minimum atomic E-state index is -0.339. The van der Waals surface area contributed by atoms with Gasteiger partial charge in [0.2, 0.25) is 6.35 Å². The predicted octanol–water partition coefficient (Wildman–Crippen LogP) is 4.26. The van der Waals surface area contributed by atoms with E-state index in [4.69, 9.17) is 24.3 Å². The Morgan fingerprint density at radius 3 is 2.61 bits per heavy atom. The van der Waals surface area contributed by atoms with Gasteiger partial charge in [0.1, 0.15) is 29.0 Å². The van der Waals surface area contributed by atoms with Crippen LogP contribution in [0.5, 0.6) is 11.5 Å². The maximum absolute atomic E-state index is 5.81. The van der Waals surface area contributed by atoms with Crippen molar-refractivity contribution in [3.05, 3.63) is 78.8 Å². The number of nitrogens with one attached hydrogen (secondary N) is 2. The first-order valence-electron chi connectivity index (χ1n) is 12.3. The molecular formula is C28H27N7O3. The lowest BCUT2D eigenvalue weighted by Gasteiger charge is -2.13. The highest BCUT2D eigenvalue weighted by atomic mass is 16.5. The molecule has 6 rings (SSSR count). The average Bonchev–Trinajstić information content (AvgIpc) is 3.67. The number of hydrogen-bond acceptors (Lipinski definition) is 9. The lowest BCUT2D eigenvalue weighted by Crippen LogP contribution is -2.21. The van der Waals surface area contributed by atoms with Gasteiger partial charge >= 0.3 is 0 Å². The molecule has 1 atom stereocenters. The molecule has 10 nitrogen and oxygen atoms in total. The fourth-order valence-corrected chi connectivity index (χ4v) is 4.45. The number of methoxy groups -OCH3 is 2. The van der Waals surface area contributed by atoms with Gasteiger partial charge in [0.25, 0.3) is 0 Å². The van der Waals surface area contributed by atoms with E-state index in [1.807, 2.05) is 66.9 Å². The zero-order valence-corrected chi connectivity index (χ0v) is 21.1. The standard InChI is InChI=1S/C28H27N7O3/c1-36-20-10-8-18(9-11-20)15-30-27-23(37-2)14-22-26(33-27)25(32-17-31-22)21-16-35(28-29-12-13-38-28)34-24(21)19-6-4-3-5-7-19/h3-11,14,16-17,28-29H,12-13,15H2,1-2H3,(H,30,33). The molecule has 3 aromatic heterocycles. The monoisotopic (exact) mass is 509 g/mol. The Kier molecular flexibility index (Phi) is 6.55. The summed E-state index contributed by atoms with van der Waals surface area (Å²) in [5, 5.41) is 11.6. The molecule has 0 saturated carbocycles. The molecule has 0 amide bonds. The molecule has 4 heterocycles. The number of fused-ring (bicyclic) bond motifs is 1. The Labute approximate surface area is 219 Å². The van der Waals surface area contributed by atoms with Crippen molar-refractivity contribution in [1.29, 1.82) is 0 Å². The summed E-state index contributed by atoms with van der Waals surface area (Å²) in [5.74, 6) is 2.00. The molecule has 5 aromatic rings. The number of pyridine rings is 1. The number of nitrogens with zero attached hydrogens (tertiary/aromatic N) is 5. The van der Waals surface area contributed by atoms with Crippen molar-refractivity contribution in [2.75, 3.05) is 32.7 Å². The molecule has 1 aliphatic heterocycles. The predicted molar refractivity (Wildman–Crippen MR) is 144 cm³/mol. The highest BCUT2D eigenvalue weighted by molar-refractivity contribution is 5.94. The lowest BCUT2D eigenvalue weighted by molar-refractivity contribution is 0.0345. The fraction of sp³-hybridized carbons (Fsp3) is 0.214. The van der Waals surface area contributed by atoms with E-state index in [0.717, 1.165) is 34.7 Å². The smallest absolute Gasteiger partial charge is 0.206 e. The second kappa shape index (κ2) is 10.4. The Hall–Kier alpha value is -4.54. The first-order chi connectivity index (χ1) is 18.7. The Morgan fingerprint density at radius 2 is 1.87 bits per heavy atom. The van der Waals surface area contributed by atoms with Crippen molar-refractivity contribution in [2.24, 2.45) is 0 Å². The van der Waals surface area contributed by atoms with Crippen LogP contribution in [0.1, 0.15) is 11.9 Å². The van der Waals surface area contributed by atoms with Crippen LogP contribution in [-0.4, -0.2) is 52.1 Å². The normalized spacial score (nSPS) is 15.1. The van der Waals surface area contributed by atoms with E-state index in [9.17, 15) is 0 Å². The molecule has 1 aliphatic rings. The van der Waals surface area contributed by atoms with Gasteiger partial charge in [-0.25, -0.2) is 19.6 Å². The minimum Gasteiger partial charge on any atom is -0.497 e. The molecule has 2 N–H and O–H groups in total. The summed E-state index contributed by atoms with van der Waals surface area (Å²) in [6.45, 7) is 1.95. The average molecular weight is 510 g/mol. The van der Waals surface area contributed by atoms with Crippen molar-refractivity contribution < 1.29 is 14.2 Å². The molecule has 0 aliphatic carbocycles. The van der Waals surface area contributed by atoms with Gasteiger partial charge in [-0.2, -0.15) is 5.10 Å². The quantitative estimate of drug-likeness (QED) is 0.317. The van der Waals surface area contributed by atoms with Gasteiger partial charge in [-0.1, -0.05) is 42.5 Å². The van der Waals surface area contributed by atoms with Crippen molar-refractivity contribution in [3.8, 4) is 34.0 Å². The van der Waals surface area contributed by atoms with Crippen LogP contribution in [-0.2, 0) is 11.3 Å². The van der Waals surface area contributed by atoms with Gasteiger partial charge in [-0.3, -0.25) is 5.32 Å². The molecular weight excluding hydrogens is 482 g/mol. The molecule has 192 valence electrons. The largest absolute Gasteiger partial charge is 0.497 e.